The Labute approximate surface area is 134 Å². The van der Waals surface area contributed by atoms with Crippen molar-refractivity contribution in [3.63, 3.8) is 0 Å². The third-order valence-corrected chi connectivity index (χ3v) is 4.54. The largest absolute Gasteiger partial charge is 0.490 e. The molecule has 0 atom stereocenters. The molecule has 0 N–H and O–H groups in total. The average Bonchev–Trinajstić information content (AvgIpc) is 2.28. The van der Waals surface area contributed by atoms with E-state index in [0.717, 1.165) is 0 Å². The van der Waals surface area contributed by atoms with Gasteiger partial charge in [0.2, 0.25) is 9.05 Å². The lowest BCUT2D eigenvalue weighted by molar-refractivity contribution is 0.111. The number of hydrogen-bond donors (Lipinski definition) is 0. The van der Waals surface area contributed by atoms with Gasteiger partial charge in [-0.2, -0.15) is 0 Å². The summed E-state index contributed by atoms with van der Waals surface area (Å²) < 4.78 is 32.3. The lowest BCUT2D eigenvalue weighted by Crippen LogP contribution is -2.12. The Bertz CT molecular complexity index is 536. The maximum atomic E-state index is 10.6. The minimum Gasteiger partial charge on any atom is -0.490 e. The van der Waals surface area contributed by atoms with Crippen LogP contribution in [0.2, 0.25) is 10.0 Å². The summed E-state index contributed by atoms with van der Waals surface area (Å²) in [5.41, 5.74) is 0. The summed E-state index contributed by atoms with van der Waals surface area (Å²) >= 11 is 15.1. The van der Waals surface area contributed by atoms with Gasteiger partial charge >= 0.3 is 0 Å². The molecule has 0 fully saturated rings. The van der Waals surface area contributed by atoms with Crippen molar-refractivity contribution in [1.29, 1.82) is 0 Å². The fraction of sp³-hybridized carbons (Fsp3) is 0.400. The third kappa shape index (κ3) is 7.02. The van der Waals surface area contributed by atoms with Gasteiger partial charge in [-0.3, -0.25) is 0 Å². The third-order valence-electron chi connectivity index (χ3n) is 1.93. The van der Waals surface area contributed by atoms with Gasteiger partial charge in [0.1, 0.15) is 12.4 Å². The number of rotatable bonds is 7. The van der Waals surface area contributed by atoms with Gasteiger partial charge in [0.05, 0.1) is 29.0 Å². The van der Waals surface area contributed by atoms with Crippen molar-refractivity contribution < 1.29 is 17.9 Å². The molecule has 1 aromatic rings. The fourth-order valence-electron chi connectivity index (χ4n) is 1.09. The summed E-state index contributed by atoms with van der Waals surface area (Å²) in [6.45, 7) is 0.459. The Balaban J connectivity index is 2.32. The molecule has 1 rings (SSSR count). The Hall–Kier alpha value is 0.280. The Morgan fingerprint density at radius 1 is 1.11 bits per heavy atom. The summed E-state index contributed by atoms with van der Waals surface area (Å²) in [4.78, 5) is 0. The first-order chi connectivity index (χ1) is 8.79. The van der Waals surface area contributed by atoms with Crippen molar-refractivity contribution in [2.45, 2.75) is 0 Å². The molecule has 0 amide bonds. The standard InChI is InChI=1S/C10H10BrCl3O4S/c11-7-5-9(13)10(6-8(7)12)18-2-1-17-3-4-19(14,15)16/h5-6H,1-4H2. The number of hydrogen-bond acceptors (Lipinski definition) is 4. The maximum absolute atomic E-state index is 10.6. The van der Waals surface area contributed by atoms with E-state index in [1.165, 1.54) is 0 Å². The quantitative estimate of drug-likeness (QED) is 0.389. The monoisotopic (exact) mass is 410 g/mol. The van der Waals surface area contributed by atoms with E-state index in [4.69, 9.17) is 43.4 Å². The van der Waals surface area contributed by atoms with Crippen molar-refractivity contribution in [2.75, 3.05) is 25.6 Å². The van der Waals surface area contributed by atoms with Crippen LogP contribution in [0.1, 0.15) is 0 Å². The van der Waals surface area contributed by atoms with Crippen molar-refractivity contribution in [2.24, 2.45) is 0 Å². The van der Waals surface area contributed by atoms with Gasteiger partial charge in [-0.05, 0) is 22.0 Å². The lowest BCUT2D eigenvalue weighted by Gasteiger charge is -2.09. The van der Waals surface area contributed by atoms with Crippen LogP contribution in [-0.4, -0.2) is 34.0 Å². The van der Waals surface area contributed by atoms with Crippen LogP contribution in [0.3, 0.4) is 0 Å². The molecule has 9 heteroatoms. The lowest BCUT2D eigenvalue weighted by atomic mass is 10.3. The normalized spacial score (nSPS) is 11.6. The summed E-state index contributed by atoms with van der Waals surface area (Å²) in [5, 5.41) is 0.896. The smallest absolute Gasteiger partial charge is 0.234 e. The molecule has 0 aromatic heterocycles. The van der Waals surface area contributed by atoms with Gasteiger partial charge in [-0.1, -0.05) is 23.2 Å². The highest BCUT2D eigenvalue weighted by Gasteiger charge is 2.07. The van der Waals surface area contributed by atoms with Crippen LogP contribution in [-0.2, 0) is 13.8 Å². The molecule has 0 aliphatic carbocycles. The van der Waals surface area contributed by atoms with E-state index in [-0.39, 0.29) is 25.6 Å². The molecule has 0 saturated carbocycles. The van der Waals surface area contributed by atoms with E-state index < -0.39 is 9.05 Å². The maximum Gasteiger partial charge on any atom is 0.234 e. The second kappa shape index (κ2) is 7.90. The zero-order valence-corrected chi connectivity index (χ0v) is 14.2. The molecular weight excluding hydrogens is 402 g/mol. The van der Waals surface area contributed by atoms with Gasteiger partial charge in [0, 0.05) is 21.2 Å². The molecule has 0 bridgehead atoms. The molecule has 0 spiro atoms. The van der Waals surface area contributed by atoms with E-state index in [2.05, 4.69) is 15.9 Å². The molecule has 0 heterocycles. The van der Waals surface area contributed by atoms with E-state index >= 15 is 0 Å². The molecular formula is C10H10BrCl3O4S. The predicted molar refractivity (Wildman–Crippen MR) is 80.1 cm³/mol. The first kappa shape index (κ1) is 17.3. The molecule has 0 aliphatic rings. The topological polar surface area (TPSA) is 52.6 Å². The predicted octanol–water partition coefficient (Wildman–Crippen LogP) is 3.72. The van der Waals surface area contributed by atoms with Crippen molar-refractivity contribution in [3.05, 3.63) is 26.7 Å². The van der Waals surface area contributed by atoms with Crippen LogP contribution < -0.4 is 4.74 Å². The molecule has 0 radical (unpaired) electrons. The van der Waals surface area contributed by atoms with Crippen LogP contribution in [0, 0.1) is 0 Å². The average molecular weight is 413 g/mol. The summed E-state index contributed by atoms with van der Waals surface area (Å²) in [5.74, 6) is 0.197. The first-order valence-electron chi connectivity index (χ1n) is 5.07. The molecule has 4 nitrogen and oxygen atoms in total. The SMILES string of the molecule is O=S(=O)(Cl)CCOCCOc1cc(Cl)c(Br)cc1Cl. The summed E-state index contributed by atoms with van der Waals surface area (Å²) in [6.07, 6.45) is 0. The molecule has 1 aromatic carbocycles. The molecule has 108 valence electrons. The van der Waals surface area contributed by atoms with Crippen LogP contribution in [0.15, 0.2) is 16.6 Å². The highest BCUT2D eigenvalue weighted by Crippen LogP contribution is 2.33. The van der Waals surface area contributed by atoms with Gasteiger partial charge in [-0.25, -0.2) is 8.42 Å². The van der Waals surface area contributed by atoms with Crippen LogP contribution in [0.5, 0.6) is 5.75 Å². The van der Waals surface area contributed by atoms with E-state index in [1.807, 2.05) is 0 Å². The Morgan fingerprint density at radius 2 is 1.79 bits per heavy atom. The van der Waals surface area contributed by atoms with E-state index in [0.29, 0.717) is 20.3 Å². The van der Waals surface area contributed by atoms with E-state index in [1.54, 1.807) is 12.1 Å². The van der Waals surface area contributed by atoms with Crippen molar-refractivity contribution in [1.82, 2.24) is 0 Å². The number of benzene rings is 1. The minimum atomic E-state index is -3.52. The molecule has 0 saturated heterocycles. The number of halogens is 4. The van der Waals surface area contributed by atoms with Gasteiger partial charge in [0.25, 0.3) is 0 Å². The van der Waals surface area contributed by atoms with Crippen LogP contribution >= 0.6 is 49.8 Å². The van der Waals surface area contributed by atoms with Gasteiger partial charge in [0.15, 0.2) is 0 Å². The molecule has 0 unspecified atom stereocenters. The Morgan fingerprint density at radius 3 is 2.42 bits per heavy atom. The minimum absolute atomic E-state index is 0.0179. The zero-order chi connectivity index (χ0) is 14.5. The second-order valence-electron chi connectivity index (χ2n) is 3.40. The Kier molecular flexibility index (Phi) is 7.21. The summed E-state index contributed by atoms with van der Waals surface area (Å²) in [6, 6.07) is 3.21. The second-order valence-corrected chi connectivity index (χ2v) is 7.97. The fourth-order valence-corrected chi connectivity index (χ4v) is 2.44. The van der Waals surface area contributed by atoms with E-state index in [9.17, 15) is 8.42 Å². The van der Waals surface area contributed by atoms with Crippen molar-refractivity contribution in [3.8, 4) is 5.75 Å². The highest BCUT2D eigenvalue weighted by atomic mass is 79.9. The molecule has 19 heavy (non-hydrogen) atoms. The zero-order valence-electron chi connectivity index (χ0n) is 9.54. The summed E-state index contributed by atoms with van der Waals surface area (Å²) in [7, 11) is 1.50. The highest BCUT2D eigenvalue weighted by molar-refractivity contribution is 9.10. The molecule has 0 aliphatic heterocycles. The van der Waals surface area contributed by atoms with Gasteiger partial charge in [-0.15, -0.1) is 0 Å². The van der Waals surface area contributed by atoms with Gasteiger partial charge < -0.3 is 9.47 Å². The van der Waals surface area contributed by atoms with Crippen LogP contribution in [0.25, 0.3) is 0 Å². The first-order valence-corrected chi connectivity index (χ1v) is 9.10. The van der Waals surface area contributed by atoms with Crippen molar-refractivity contribution >= 4 is 58.9 Å². The number of ether oxygens (including phenoxy) is 2. The van der Waals surface area contributed by atoms with Crippen LogP contribution in [0.4, 0.5) is 0 Å².